The summed E-state index contributed by atoms with van der Waals surface area (Å²) in [6, 6.07) is 10.2. The highest BCUT2D eigenvalue weighted by molar-refractivity contribution is 7.98. The Bertz CT molecular complexity index is 660. The lowest BCUT2D eigenvalue weighted by molar-refractivity contribution is 0.887. The van der Waals surface area contributed by atoms with Crippen LogP contribution in [0.15, 0.2) is 30.3 Å². The number of hydrogen-bond acceptors (Lipinski definition) is 5. The van der Waals surface area contributed by atoms with Gasteiger partial charge in [-0.2, -0.15) is 21.4 Å². The van der Waals surface area contributed by atoms with E-state index in [0.29, 0.717) is 0 Å². The highest BCUT2D eigenvalue weighted by Crippen LogP contribution is 2.25. The highest BCUT2D eigenvalue weighted by atomic mass is 32.2. The van der Waals surface area contributed by atoms with Gasteiger partial charge in [0.05, 0.1) is 5.75 Å². The van der Waals surface area contributed by atoms with Crippen LogP contribution in [0.3, 0.4) is 0 Å². The fourth-order valence-electron chi connectivity index (χ4n) is 1.75. The first-order valence-electron chi connectivity index (χ1n) is 6.22. The van der Waals surface area contributed by atoms with E-state index in [1.54, 1.807) is 11.3 Å². The van der Waals surface area contributed by atoms with Gasteiger partial charge in [-0.05, 0) is 12.2 Å². The van der Waals surface area contributed by atoms with Gasteiger partial charge in [0, 0.05) is 5.56 Å². The molecule has 3 aromatic rings. The normalized spacial score (nSPS) is 11.2. The number of benzene rings is 1. The van der Waals surface area contributed by atoms with Crippen LogP contribution < -0.4 is 0 Å². The minimum atomic E-state index is 0.867. The topological polar surface area (TPSA) is 43.1 Å². The maximum Gasteiger partial charge on any atom is 0.235 e. The maximum absolute atomic E-state index is 4.62. The number of aromatic nitrogens is 4. The minimum Gasteiger partial charge on any atom is -0.186 e. The summed E-state index contributed by atoms with van der Waals surface area (Å²) < 4.78 is 1.87. The van der Waals surface area contributed by atoms with Crippen molar-refractivity contribution in [3.8, 4) is 10.6 Å². The van der Waals surface area contributed by atoms with Gasteiger partial charge in [0.1, 0.15) is 5.01 Å². The first kappa shape index (κ1) is 12.6. The van der Waals surface area contributed by atoms with E-state index in [-0.39, 0.29) is 0 Å². The standard InChI is InChI=1S/C13H14N4S2/c1-2-8-18-9-11-14-15-13-17(11)16-12(19-13)10-6-4-3-5-7-10/h3-7H,2,8-9H2,1H3. The van der Waals surface area contributed by atoms with E-state index in [4.69, 9.17) is 0 Å². The number of nitrogens with zero attached hydrogens (tertiary/aromatic N) is 4. The number of fused-ring (bicyclic) bond motifs is 1. The SMILES string of the molecule is CCCSCc1nnc2sc(-c3ccccc3)nn12. The fourth-order valence-corrected chi connectivity index (χ4v) is 3.41. The van der Waals surface area contributed by atoms with Gasteiger partial charge >= 0.3 is 0 Å². The van der Waals surface area contributed by atoms with Crippen LogP contribution in [0, 0.1) is 0 Å². The van der Waals surface area contributed by atoms with Crippen molar-refractivity contribution in [2.75, 3.05) is 5.75 Å². The number of rotatable bonds is 5. The molecule has 0 atom stereocenters. The Morgan fingerprint density at radius 3 is 2.84 bits per heavy atom. The molecule has 0 aliphatic heterocycles. The summed E-state index contributed by atoms with van der Waals surface area (Å²) in [6.45, 7) is 2.18. The van der Waals surface area contributed by atoms with Crippen molar-refractivity contribution < 1.29 is 0 Å². The summed E-state index contributed by atoms with van der Waals surface area (Å²) in [5, 5.41) is 14.0. The summed E-state index contributed by atoms with van der Waals surface area (Å²) in [5.74, 6) is 2.95. The van der Waals surface area contributed by atoms with Crippen LogP contribution >= 0.6 is 23.1 Å². The summed E-state index contributed by atoms with van der Waals surface area (Å²) in [5.41, 5.74) is 1.13. The third kappa shape index (κ3) is 2.64. The average Bonchev–Trinajstić information content (AvgIpc) is 3.02. The molecule has 0 bridgehead atoms. The second-order valence-electron chi connectivity index (χ2n) is 4.14. The molecule has 0 aliphatic carbocycles. The molecule has 2 heterocycles. The molecule has 0 unspecified atom stereocenters. The second-order valence-corrected chi connectivity index (χ2v) is 6.20. The molecule has 2 aromatic heterocycles. The molecule has 0 saturated heterocycles. The third-order valence-corrected chi connectivity index (χ3v) is 4.76. The van der Waals surface area contributed by atoms with Crippen molar-refractivity contribution in [1.29, 1.82) is 0 Å². The van der Waals surface area contributed by atoms with Crippen molar-refractivity contribution in [2.24, 2.45) is 0 Å². The zero-order chi connectivity index (χ0) is 13.1. The monoisotopic (exact) mass is 290 g/mol. The van der Waals surface area contributed by atoms with Gasteiger partial charge in [-0.15, -0.1) is 10.2 Å². The molecule has 0 radical (unpaired) electrons. The first-order chi connectivity index (χ1) is 9.38. The van der Waals surface area contributed by atoms with Crippen LogP contribution in [0.25, 0.3) is 15.5 Å². The van der Waals surface area contributed by atoms with E-state index >= 15 is 0 Å². The molecule has 98 valence electrons. The Morgan fingerprint density at radius 2 is 2.05 bits per heavy atom. The van der Waals surface area contributed by atoms with Gasteiger partial charge in [0.25, 0.3) is 0 Å². The predicted molar refractivity (Wildman–Crippen MR) is 80.5 cm³/mol. The van der Waals surface area contributed by atoms with Crippen LogP contribution in [0.5, 0.6) is 0 Å². The second kappa shape index (κ2) is 5.71. The molecule has 0 aliphatic rings. The molecule has 6 heteroatoms. The van der Waals surface area contributed by atoms with Gasteiger partial charge in [-0.1, -0.05) is 48.6 Å². The Morgan fingerprint density at radius 1 is 1.21 bits per heavy atom. The Hall–Kier alpha value is -1.40. The van der Waals surface area contributed by atoms with Crippen LogP contribution in [0.4, 0.5) is 0 Å². The average molecular weight is 290 g/mol. The highest BCUT2D eigenvalue weighted by Gasteiger charge is 2.12. The zero-order valence-electron chi connectivity index (χ0n) is 10.6. The van der Waals surface area contributed by atoms with Crippen molar-refractivity contribution in [3.63, 3.8) is 0 Å². The lowest BCUT2D eigenvalue weighted by Crippen LogP contribution is -1.94. The molecule has 4 nitrogen and oxygen atoms in total. The quantitative estimate of drug-likeness (QED) is 0.675. The zero-order valence-corrected chi connectivity index (χ0v) is 12.2. The Balaban J connectivity index is 1.89. The number of hydrogen-bond donors (Lipinski definition) is 0. The van der Waals surface area contributed by atoms with E-state index in [9.17, 15) is 0 Å². The molecule has 3 rings (SSSR count). The minimum absolute atomic E-state index is 0.867. The van der Waals surface area contributed by atoms with Gasteiger partial charge in [0.2, 0.25) is 4.96 Å². The van der Waals surface area contributed by atoms with Crippen LogP contribution in [-0.4, -0.2) is 25.6 Å². The van der Waals surface area contributed by atoms with Gasteiger partial charge in [-0.3, -0.25) is 0 Å². The smallest absolute Gasteiger partial charge is 0.186 e. The van der Waals surface area contributed by atoms with Crippen molar-refractivity contribution in [1.82, 2.24) is 19.8 Å². The first-order valence-corrected chi connectivity index (χ1v) is 8.20. The largest absolute Gasteiger partial charge is 0.235 e. The summed E-state index contributed by atoms with van der Waals surface area (Å²) in [7, 11) is 0. The predicted octanol–water partition coefficient (Wildman–Crippen LogP) is 3.50. The summed E-state index contributed by atoms with van der Waals surface area (Å²) in [4.78, 5) is 0.867. The lowest BCUT2D eigenvalue weighted by atomic mass is 10.2. The van der Waals surface area contributed by atoms with Gasteiger partial charge < -0.3 is 0 Å². The van der Waals surface area contributed by atoms with Gasteiger partial charge in [0.15, 0.2) is 5.82 Å². The van der Waals surface area contributed by atoms with Crippen molar-refractivity contribution in [2.45, 2.75) is 19.1 Å². The van der Waals surface area contributed by atoms with E-state index in [1.807, 2.05) is 34.5 Å². The Kier molecular flexibility index (Phi) is 3.79. The van der Waals surface area contributed by atoms with Crippen LogP contribution in [-0.2, 0) is 5.75 Å². The lowest BCUT2D eigenvalue weighted by Gasteiger charge is -1.96. The molecule has 0 amide bonds. The molecule has 0 spiro atoms. The maximum atomic E-state index is 4.62. The molecule has 19 heavy (non-hydrogen) atoms. The van der Waals surface area contributed by atoms with E-state index in [0.717, 1.165) is 32.9 Å². The van der Waals surface area contributed by atoms with Crippen molar-refractivity contribution >= 4 is 28.1 Å². The third-order valence-electron chi connectivity index (χ3n) is 2.66. The van der Waals surface area contributed by atoms with Crippen LogP contribution in [0.2, 0.25) is 0 Å². The molecular formula is C13H14N4S2. The fraction of sp³-hybridized carbons (Fsp3) is 0.308. The van der Waals surface area contributed by atoms with Crippen LogP contribution in [0.1, 0.15) is 19.2 Å². The van der Waals surface area contributed by atoms with Crippen molar-refractivity contribution in [3.05, 3.63) is 36.2 Å². The van der Waals surface area contributed by atoms with Gasteiger partial charge in [-0.25, -0.2) is 0 Å². The van der Waals surface area contributed by atoms with E-state index < -0.39 is 0 Å². The molecular weight excluding hydrogens is 276 g/mol. The summed E-state index contributed by atoms with van der Waals surface area (Å²) in [6.07, 6.45) is 1.18. The van der Waals surface area contributed by atoms with E-state index in [2.05, 4.69) is 34.4 Å². The number of thioether (sulfide) groups is 1. The molecule has 0 saturated carbocycles. The molecule has 1 aromatic carbocycles. The Labute approximate surface area is 119 Å². The summed E-state index contributed by atoms with van der Waals surface area (Å²) >= 11 is 3.45. The molecule has 0 fully saturated rings. The van der Waals surface area contributed by atoms with E-state index in [1.165, 1.54) is 6.42 Å². The molecule has 0 N–H and O–H groups in total.